The van der Waals surface area contributed by atoms with Gasteiger partial charge in [-0.2, -0.15) is 13.5 Å². The maximum absolute atomic E-state index is 12.8. The Bertz CT molecular complexity index is 1200. The molecular weight excluding hydrogens is 458 g/mol. The van der Waals surface area contributed by atoms with Crippen LogP contribution in [-0.4, -0.2) is 54.2 Å². The van der Waals surface area contributed by atoms with Crippen LogP contribution in [0, 0.1) is 0 Å². The molecule has 1 saturated heterocycles. The zero-order valence-corrected chi connectivity index (χ0v) is 18.0. The molecular formula is C20H19N3O9S. The summed E-state index contributed by atoms with van der Waals surface area (Å²) in [6, 6.07) is 9.77. The molecule has 4 rings (SSSR count). The third-order valence-electron chi connectivity index (χ3n) is 5.03. The fourth-order valence-corrected chi connectivity index (χ4v) is 4.16. The molecule has 0 radical (unpaired) electrons. The van der Waals surface area contributed by atoms with Crippen molar-refractivity contribution < 1.29 is 41.1 Å². The number of anilines is 1. The Morgan fingerprint density at radius 1 is 1.15 bits per heavy atom. The predicted molar refractivity (Wildman–Crippen MR) is 111 cm³/mol. The van der Waals surface area contributed by atoms with Crippen molar-refractivity contribution in [3.8, 4) is 5.75 Å². The lowest BCUT2D eigenvalue weighted by Crippen LogP contribution is -2.39. The van der Waals surface area contributed by atoms with Crippen molar-refractivity contribution in [2.75, 3.05) is 18.5 Å². The summed E-state index contributed by atoms with van der Waals surface area (Å²) in [4.78, 5) is 38.7. The van der Waals surface area contributed by atoms with Crippen LogP contribution in [0.5, 0.6) is 5.75 Å². The van der Waals surface area contributed by atoms with E-state index in [1.807, 2.05) is 0 Å². The van der Waals surface area contributed by atoms with Gasteiger partial charge in [0.15, 0.2) is 6.04 Å². The third kappa shape index (κ3) is 4.60. The third-order valence-corrected chi connectivity index (χ3v) is 5.37. The molecule has 0 aliphatic carbocycles. The molecule has 2 atom stereocenters. The highest BCUT2D eigenvalue weighted by Gasteiger charge is 2.52. The van der Waals surface area contributed by atoms with Gasteiger partial charge >= 0.3 is 28.5 Å². The number of ether oxygens (including phenoxy) is 2. The number of benzene rings is 2. The smallest absolute Gasteiger partial charge is 0.418 e. The summed E-state index contributed by atoms with van der Waals surface area (Å²) >= 11 is 0. The number of urea groups is 1. The molecule has 13 heteroatoms. The summed E-state index contributed by atoms with van der Waals surface area (Å²) in [5, 5.41) is 3.01. The van der Waals surface area contributed by atoms with E-state index in [0.717, 1.165) is 4.90 Å². The molecule has 2 aromatic rings. The maximum atomic E-state index is 12.8. The van der Waals surface area contributed by atoms with Crippen LogP contribution < -0.4 is 10.1 Å². The Hall–Kier alpha value is -3.68. The van der Waals surface area contributed by atoms with E-state index >= 15 is 0 Å². The molecule has 12 nitrogen and oxygen atoms in total. The first-order valence-electron chi connectivity index (χ1n) is 9.79. The van der Waals surface area contributed by atoms with Gasteiger partial charge in [0.25, 0.3) is 0 Å². The van der Waals surface area contributed by atoms with E-state index in [1.54, 1.807) is 37.3 Å². The molecule has 2 heterocycles. The Kier molecular flexibility index (Phi) is 5.93. The number of amides is 3. The number of rotatable bonds is 6. The van der Waals surface area contributed by atoms with E-state index < -0.39 is 40.6 Å². The molecule has 2 aliphatic heterocycles. The normalized spacial score (nSPS) is 19.2. The predicted octanol–water partition coefficient (Wildman–Crippen LogP) is 2.43. The van der Waals surface area contributed by atoms with Gasteiger partial charge in [-0.1, -0.05) is 24.3 Å². The molecule has 174 valence electrons. The molecule has 1 fully saturated rings. The van der Waals surface area contributed by atoms with E-state index in [0.29, 0.717) is 21.9 Å². The average Bonchev–Trinajstić information content (AvgIpc) is 3.01. The van der Waals surface area contributed by atoms with Gasteiger partial charge in [-0.3, -0.25) is 9.87 Å². The fourth-order valence-electron chi connectivity index (χ4n) is 3.79. The van der Waals surface area contributed by atoms with Gasteiger partial charge in [0, 0.05) is 5.69 Å². The van der Waals surface area contributed by atoms with Crippen LogP contribution in [-0.2, 0) is 24.2 Å². The molecule has 2 aliphatic rings. The number of nitrogens with one attached hydrogen (secondary N) is 1. The van der Waals surface area contributed by atoms with Crippen LogP contribution in [0.1, 0.15) is 30.1 Å². The second-order valence-corrected chi connectivity index (χ2v) is 8.11. The van der Waals surface area contributed by atoms with Gasteiger partial charge in [0.05, 0.1) is 13.2 Å². The van der Waals surface area contributed by atoms with Crippen LogP contribution >= 0.6 is 0 Å². The SMILES string of the molecule is CCOC(=O)[C@H]1c2ccc(OC(=O)Nc3ccccc3)cc2[C@@H]2CN1C(=O)N2OS(=O)(=O)O. The summed E-state index contributed by atoms with van der Waals surface area (Å²) < 4.78 is 46.5. The molecule has 2 bridgehead atoms. The maximum Gasteiger partial charge on any atom is 0.418 e. The van der Waals surface area contributed by atoms with Crippen LogP contribution in [0.25, 0.3) is 0 Å². The quantitative estimate of drug-likeness (QED) is 0.472. The van der Waals surface area contributed by atoms with Gasteiger partial charge in [-0.05, 0) is 42.3 Å². The van der Waals surface area contributed by atoms with Crippen molar-refractivity contribution in [2.45, 2.75) is 19.0 Å². The van der Waals surface area contributed by atoms with Crippen molar-refractivity contribution in [3.05, 3.63) is 59.7 Å². The summed E-state index contributed by atoms with van der Waals surface area (Å²) in [5.41, 5.74) is 1.15. The lowest BCUT2D eigenvalue weighted by atomic mass is 9.91. The number of fused-ring (bicyclic) bond motifs is 4. The minimum absolute atomic E-state index is 0.0577. The lowest BCUT2D eigenvalue weighted by Gasteiger charge is -2.31. The van der Waals surface area contributed by atoms with Gasteiger partial charge in [0.1, 0.15) is 11.8 Å². The molecule has 2 aromatic carbocycles. The largest absolute Gasteiger partial charge is 0.464 e. The van der Waals surface area contributed by atoms with Crippen molar-refractivity contribution in [1.82, 2.24) is 9.96 Å². The molecule has 0 spiro atoms. The molecule has 2 N–H and O–H groups in total. The van der Waals surface area contributed by atoms with Crippen molar-refractivity contribution in [1.29, 1.82) is 0 Å². The van der Waals surface area contributed by atoms with Crippen LogP contribution in [0.15, 0.2) is 48.5 Å². The first-order chi connectivity index (χ1) is 15.7. The van der Waals surface area contributed by atoms with E-state index in [-0.39, 0.29) is 18.9 Å². The van der Waals surface area contributed by atoms with Crippen molar-refractivity contribution in [2.24, 2.45) is 0 Å². The van der Waals surface area contributed by atoms with Gasteiger partial charge in [-0.25, -0.2) is 14.4 Å². The summed E-state index contributed by atoms with van der Waals surface area (Å²) in [5.74, 6) is -0.654. The lowest BCUT2D eigenvalue weighted by molar-refractivity contribution is -0.148. The van der Waals surface area contributed by atoms with Gasteiger partial charge in [-0.15, -0.1) is 4.28 Å². The van der Waals surface area contributed by atoms with E-state index in [9.17, 15) is 22.8 Å². The molecule has 0 aromatic heterocycles. The highest BCUT2D eigenvalue weighted by atomic mass is 32.3. The Morgan fingerprint density at radius 3 is 2.55 bits per heavy atom. The van der Waals surface area contributed by atoms with Crippen molar-refractivity contribution in [3.63, 3.8) is 0 Å². The summed E-state index contributed by atoms with van der Waals surface area (Å²) in [7, 11) is -5.03. The minimum atomic E-state index is -5.03. The highest BCUT2D eigenvalue weighted by molar-refractivity contribution is 7.80. The standard InChI is InChI=1S/C20H19N3O9S/c1-2-30-18(24)17-14-9-8-13(31-19(25)21-12-6-4-3-5-7-12)10-15(14)16-11-22(17)20(26)23(16)32-33(27,28)29/h3-10,16-17H,2,11H2,1H3,(H,21,25)(H,27,28,29)/t16-,17+/m0/s1. The van der Waals surface area contributed by atoms with Crippen LogP contribution in [0.4, 0.5) is 15.3 Å². The van der Waals surface area contributed by atoms with Crippen molar-refractivity contribution >= 4 is 34.2 Å². The number of carbonyl (C=O) groups is 3. The number of hydrogen-bond donors (Lipinski definition) is 2. The number of hydroxylamine groups is 2. The molecule has 0 unspecified atom stereocenters. The Morgan fingerprint density at radius 2 is 1.88 bits per heavy atom. The fraction of sp³-hybridized carbons (Fsp3) is 0.250. The van der Waals surface area contributed by atoms with E-state index in [1.165, 1.54) is 18.2 Å². The molecule has 33 heavy (non-hydrogen) atoms. The first-order valence-corrected chi connectivity index (χ1v) is 11.2. The summed E-state index contributed by atoms with van der Waals surface area (Å²) in [6.07, 6.45) is -0.783. The minimum Gasteiger partial charge on any atom is -0.464 e. The number of nitrogens with zero attached hydrogens (tertiary/aromatic N) is 2. The van der Waals surface area contributed by atoms with Gasteiger partial charge < -0.3 is 14.4 Å². The monoisotopic (exact) mass is 477 g/mol. The van der Waals surface area contributed by atoms with Crippen LogP contribution in [0.3, 0.4) is 0 Å². The zero-order valence-electron chi connectivity index (χ0n) is 17.2. The second-order valence-electron chi connectivity index (χ2n) is 7.10. The highest BCUT2D eigenvalue weighted by Crippen LogP contribution is 2.45. The van der Waals surface area contributed by atoms with Crippen LogP contribution in [0.2, 0.25) is 0 Å². The first kappa shape index (κ1) is 22.5. The average molecular weight is 477 g/mol. The van der Waals surface area contributed by atoms with E-state index in [4.69, 9.17) is 14.0 Å². The van der Waals surface area contributed by atoms with E-state index in [2.05, 4.69) is 9.60 Å². The number of esters is 1. The topological polar surface area (TPSA) is 152 Å². The molecule has 3 amide bonds. The summed E-state index contributed by atoms with van der Waals surface area (Å²) in [6.45, 7) is 1.54. The van der Waals surface area contributed by atoms with Gasteiger partial charge in [0.2, 0.25) is 0 Å². The Balaban J connectivity index is 1.67. The second kappa shape index (κ2) is 8.69. The number of para-hydroxylation sites is 1. The Labute approximate surface area is 188 Å². The zero-order chi connectivity index (χ0) is 23.8. The molecule has 0 saturated carbocycles. The number of carbonyl (C=O) groups excluding carboxylic acids is 3. The number of hydrogen-bond acceptors (Lipinski definition) is 8.